The zero-order valence-electron chi connectivity index (χ0n) is 15.5. The lowest BCUT2D eigenvalue weighted by atomic mass is 9.95. The number of nitrogens with one attached hydrogen (secondary N) is 1. The molecule has 0 aliphatic carbocycles. The zero-order valence-corrected chi connectivity index (χ0v) is 17.2. The molecule has 1 N–H and O–H groups in total. The first-order valence-electron chi connectivity index (χ1n) is 8.51. The quantitative estimate of drug-likeness (QED) is 0.668. The predicted molar refractivity (Wildman–Crippen MR) is 107 cm³/mol. The van der Waals surface area contributed by atoms with Crippen molar-refractivity contribution < 1.29 is 27.0 Å². The number of nitrogens with zero attached hydrogens (tertiary/aromatic N) is 1. The SMILES string of the molecule is COc1ccc([C@H](c2ccc(OC(F)(F)F)cc2)N2CCNCC2)c(F)c1.Cl.Cl. The zero-order chi connectivity index (χ0) is 19.4. The molecule has 0 spiro atoms. The summed E-state index contributed by atoms with van der Waals surface area (Å²) in [7, 11) is 1.46. The number of halogens is 6. The Balaban J connectivity index is 0.00000210. The van der Waals surface area contributed by atoms with E-state index in [0.717, 1.165) is 13.1 Å². The van der Waals surface area contributed by atoms with Crippen LogP contribution in [0.1, 0.15) is 17.2 Å². The fraction of sp³-hybridized carbons (Fsp3) is 0.368. The predicted octanol–water partition coefficient (Wildman–Crippen LogP) is 4.57. The normalized spacial score (nSPS) is 15.6. The van der Waals surface area contributed by atoms with Crippen LogP contribution in [0.15, 0.2) is 42.5 Å². The lowest BCUT2D eigenvalue weighted by molar-refractivity contribution is -0.274. The highest BCUT2D eigenvalue weighted by molar-refractivity contribution is 5.85. The average molecular weight is 457 g/mol. The van der Waals surface area contributed by atoms with Gasteiger partial charge in [0.05, 0.1) is 13.2 Å². The second kappa shape index (κ2) is 10.9. The van der Waals surface area contributed by atoms with Gasteiger partial charge in [-0.05, 0) is 23.8 Å². The highest BCUT2D eigenvalue weighted by Gasteiger charge is 2.31. The molecule has 0 radical (unpaired) electrons. The molecule has 1 aliphatic heterocycles. The molecule has 2 aromatic rings. The first-order chi connectivity index (χ1) is 12.9. The Hall–Kier alpha value is -1.74. The van der Waals surface area contributed by atoms with Crippen LogP contribution in [0.25, 0.3) is 0 Å². The van der Waals surface area contributed by atoms with Crippen molar-refractivity contribution in [1.82, 2.24) is 10.2 Å². The molecule has 1 atom stereocenters. The number of alkyl halides is 3. The molecule has 0 bridgehead atoms. The van der Waals surface area contributed by atoms with Crippen molar-refractivity contribution in [3.8, 4) is 11.5 Å². The molecule has 0 saturated carbocycles. The minimum absolute atomic E-state index is 0. The van der Waals surface area contributed by atoms with Crippen LogP contribution in [0, 0.1) is 5.82 Å². The molecular weight excluding hydrogens is 435 g/mol. The summed E-state index contributed by atoms with van der Waals surface area (Å²) in [5.41, 5.74) is 1.14. The number of piperazine rings is 1. The van der Waals surface area contributed by atoms with E-state index in [1.807, 2.05) is 0 Å². The third kappa shape index (κ3) is 6.64. The van der Waals surface area contributed by atoms with Crippen molar-refractivity contribution in [3.05, 3.63) is 59.4 Å². The van der Waals surface area contributed by atoms with Gasteiger partial charge in [0.2, 0.25) is 0 Å². The minimum atomic E-state index is -4.75. The average Bonchev–Trinajstić information content (AvgIpc) is 2.64. The van der Waals surface area contributed by atoms with E-state index < -0.39 is 18.2 Å². The lowest BCUT2D eigenvalue weighted by Gasteiger charge is -2.35. The van der Waals surface area contributed by atoms with Gasteiger partial charge < -0.3 is 14.8 Å². The summed E-state index contributed by atoms with van der Waals surface area (Å²) in [6.07, 6.45) is -4.75. The summed E-state index contributed by atoms with van der Waals surface area (Å²) < 4.78 is 60.9. The summed E-state index contributed by atoms with van der Waals surface area (Å²) in [4.78, 5) is 2.10. The van der Waals surface area contributed by atoms with Crippen LogP contribution >= 0.6 is 24.8 Å². The maximum atomic E-state index is 14.7. The third-order valence-corrected chi connectivity index (χ3v) is 4.45. The number of hydrogen-bond acceptors (Lipinski definition) is 4. The second-order valence-corrected chi connectivity index (χ2v) is 6.19. The number of rotatable bonds is 5. The lowest BCUT2D eigenvalue weighted by Crippen LogP contribution is -2.45. The third-order valence-electron chi connectivity index (χ3n) is 4.45. The fourth-order valence-electron chi connectivity index (χ4n) is 3.24. The van der Waals surface area contributed by atoms with Crippen molar-refractivity contribution in [2.24, 2.45) is 0 Å². The fourth-order valence-corrected chi connectivity index (χ4v) is 3.24. The molecule has 0 unspecified atom stereocenters. The molecule has 29 heavy (non-hydrogen) atoms. The van der Waals surface area contributed by atoms with E-state index >= 15 is 0 Å². The summed E-state index contributed by atoms with van der Waals surface area (Å²) >= 11 is 0. The molecule has 162 valence electrons. The molecule has 1 aliphatic rings. The Labute approximate surface area is 179 Å². The molecule has 0 aromatic heterocycles. The molecule has 4 nitrogen and oxygen atoms in total. The van der Waals surface area contributed by atoms with Gasteiger partial charge in [-0.2, -0.15) is 0 Å². The van der Waals surface area contributed by atoms with Gasteiger partial charge >= 0.3 is 6.36 Å². The van der Waals surface area contributed by atoms with E-state index in [1.54, 1.807) is 12.1 Å². The molecule has 1 saturated heterocycles. The van der Waals surface area contributed by atoms with Gasteiger partial charge in [-0.25, -0.2) is 4.39 Å². The molecule has 10 heteroatoms. The minimum Gasteiger partial charge on any atom is -0.497 e. The van der Waals surface area contributed by atoms with Gasteiger partial charge in [0.25, 0.3) is 0 Å². The Morgan fingerprint density at radius 3 is 2.07 bits per heavy atom. The van der Waals surface area contributed by atoms with E-state index in [2.05, 4.69) is 15.0 Å². The van der Waals surface area contributed by atoms with Gasteiger partial charge in [0.15, 0.2) is 0 Å². The highest BCUT2D eigenvalue weighted by Crippen LogP contribution is 2.34. The van der Waals surface area contributed by atoms with Crippen LogP contribution in [0.3, 0.4) is 0 Å². The Morgan fingerprint density at radius 2 is 1.55 bits per heavy atom. The van der Waals surface area contributed by atoms with Crippen molar-refractivity contribution in [1.29, 1.82) is 0 Å². The molecule has 2 aromatic carbocycles. The number of benzene rings is 2. The number of methoxy groups -OCH3 is 1. The van der Waals surface area contributed by atoms with Crippen LogP contribution in [-0.2, 0) is 0 Å². The second-order valence-electron chi connectivity index (χ2n) is 6.19. The van der Waals surface area contributed by atoms with Crippen molar-refractivity contribution in [3.63, 3.8) is 0 Å². The van der Waals surface area contributed by atoms with Crippen molar-refractivity contribution in [2.45, 2.75) is 12.4 Å². The Morgan fingerprint density at radius 1 is 0.966 bits per heavy atom. The summed E-state index contributed by atoms with van der Waals surface area (Å²) in [6.45, 7) is 2.89. The first kappa shape index (κ1) is 25.3. The van der Waals surface area contributed by atoms with E-state index in [-0.39, 0.29) is 30.6 Å². The maximum absolute atomic E-state index is 14.7. The van der Waals surface area contributed by atoms with Gasteiger partial charge in [0, 0.05) is 37.8 Å². The summed E-state index contributed by atoms with van der Waals surface area (Å²) in [5.74, 6) is -0.321. The standard InChI is InChI=1S/C19H20F4N2O2.2ClH/c1-26-15-6-7-16(17(20)12-15)18(25-10-8-24-9-11-25)13-2-4-14(5-3-13)27-19(21,22)23;;/h2-7,12,18,24H,8-11H2,1H3;2*1H/t18-;;/m0../s1. The van der Waals surface area contributed by atoms with Crippen LogP contribution in [0.4, 0.5) is 17.6 Å². The van der Waals surface area contributed by atoms with Crippen LogP contribution < -0.4 is 14.8 Å². The van der Waals surface area contributed by atoms with E-state index in [1.165, 1.54) is 37.4 Å². The van der Waals surface area contributed by atoms with E-state index in [9.17, 15) is 17.6 Å². The molecular formula is C19H22Cl2F4N2O2. The first-order valence-corrected chi connectivity index (χ1v) is 8.51. The summed E-state index contributed by atoms with van der Waals surface area (Å²) in [5, 5.41) is 3.24. The Kier molecular flexibility index (Phi) is 9.48. The van der Waals surface area contributed by atoms with Crippen LogP contribution in [0.5, 0.6) is 11.5 Å². The van der Waals surface area contributed by atoms with Gasteiger partial charge in [-0.15, -0.1) is 38.0 Å². The molecule has 1 heterocycles. The number of hydrogen-bond donors (Lipinski definition) is 1. The largest absolute Gasteiger partial charge is 0.573 e. The summed E-state index contributed by atoms with van der Waals surface area (Å²) in [6, 6.07) is 9.80. The van der Waals surface area contributed by atoms with Gasteiger partial charge in [-0.3, -0.25) is 4.90 Å². The van der Waals surface area contributed by atoms with Gasteiger partial charge in [-0.1, -0.05) is 18.2 Å². The van der Waals surface area contributed by atoms with Crippen molar-refractivity contribution >= 4 is 24.8 Å². The smallest absolute Gasteiger partial charge is 0.497 e. The molecule has 0 amide bonds. The number of ether oxygens (including phenoxy) is 2. The highest BCUT2D eigenvalue weighted by atomic mass is 35.5. The maximum Gasteiger partial charge on any atom is 0.573 e. The molecule has 1 fully saturated rings. The monoisotopic (exact) mass is 456 g/mol. The Bertz CT molecular complexity index is 770. The van der Waals surface area contributed by atoms with Gasteiger partial charge in [0.1, 0.15) is 17.3 Å². The molecule has 3 rings (SSSR count). The van der Waals surface area contributed by atoms with E-state index in [0.29, 0.717) is 30.0 Å². The topological polar surface area (TPSA) is 33.7 Å². The van der Waals surface area contributed by atoms with Crippen LogP contribution in [0.2, 0.25) is 0 Å². The van der Waals surface area contributed by atoms with Crippen LogP contribution in [-0.4, -0.2) is 44.6 Å². The van der Waals surface area contributed by atoms with Crippen molar-refractivity contribution in [2.75, 3.05) is 33.3 Å². The van der Waals surface area contributed by atoms with E-state index in [4.69, 9.17) is 4.74 Å².